The summed E-state index contributed by atoms with van der Waals surface area (Å²) in [6, 6.07) is 0. The van der Waals surface area contributed by atoms with Crippen LogP contribution in [0.2, 0.25) is 0 Å². The predicted octanol–water partition coefficient (Wildman–Crippen LogP) is -2.66. The average molecular weight is 287 g/mol. The van der Waals surface area contributed by atoms with Crippen LogP contribution in [0.1, 0.15) is 19.3 Å². The monoisotopic (exact) mass is 286 g/mol. The van der Waals surface area contributed by atoms with E-state index >= 15 is 0 Å². The topological polar surface area (TPSA) is 51.6 Å². The number of hydrogen-bond donors (Lipinski definition) is 2. The van der Waals surface area contributed by atoms with Crippen molar-refractivity contribution in [2.24, 2.45) is 5.73 Å². The molecule has 0 aromatic heterocycles. The number of allylic oxidation sites excluding steroid dienone is 3. The molecule has 0 unspecified atom stereocenters. The second kappa shape index (κ2) is 11.5. The van der Waals surface area contributed by atoms with Gasteiger partial charge in [-0.25, -0.2) is 0 Å². The Bertz CT molecular complexity index is 239. The van der Waals surface area contributed by atoms with E-state index in [9.17, 15) is 0 Å². The van der Waals surface area contributed by atoms with Gasteiger partial charge in [0, 0.05) is 81.0 Å². The van der Waals surface area contributed by atoms with E-state index < -0.39 is 0 Å². The van der Waals surface area contributed by atoms with Crippen LogP contribution in [0.3, 0.4) is 0 Å². The van der Waals surface area contributed by atoms with Gasteiger partial charge in [-0.1, -0.05) is 11.6 Å². The standard InChI is InChI=1S/C8H11ClN2.2Ar.ClH/c9-8-6(4-10)2-1-3-7(8)5-11;;;/h4-5,10H,1-3,11H2;;;1H/b7-5+,10-4?;;;. The van der Waals surface area contributed by atoms with E-state index in [2.05, 4.69) is 0 Å². The third-order valence-electron chi connectivity index (χ3n) is 1.86. The molecule has 0 spiro atoms. The fraction of sp³-hybridized carbons (Fsp3) is 0.375. The first-order valence-corrected chi connectivity index (χ1v) is 4.02. The van der Waals surface area contributed by atoms with Gasteiger partial charge in [-0.2, -0.15) is 0 Å². The zero-order valence-corrected chi connectivity index (χ0v) is 10.3. The molecule has 0 radical (unpaired) electrons. The van der Waals surface area contributed by atoms with E-state index in [1.54, 1.807) is 12.4 Å². The Morgan fingerprint density at radius 1 is 1.29 bits per heavy atom. The fourth-order valence-electron chi connectivity index (χ4n) is 1.21. The normalized spacial score (nSPS) is 17.6. The van der Waals surface area contributed by atoms with E-state index in [1.165, 1.54) is 0 Å². The molecule has 14 heavy (non-hydrogen) atoms. The Morgan fingerprint density at radius 2 is 1.86 bits per heavy atom. The van der Waals surface area contributed by atoms with E-state index in [-0.39, 0.29) is 87.9 Å². The summed E-state index contributed by atoms with van der Waals surface area (Å²) in [6.07, 6.45) is 6.14. The van der Waals surface area contributed by atoms with Gasteiger partial charge in [0.15, 0.2) is 6.21 Å². The summed E-state index contributed by atoms with van der Waals surface area (Å²) < 4.78 is 0. The summed E-state index contributed by atoms with van der Waals surface area (Å²) >= 11 is 5.97. The quantitative estimate of drug-likeness (QED) is 0.508. The van der Waals surface area contributed by atoms with Crippen molar-refractivity contribution in [3.63, 3.8) is 0 Å². The van der Waals surface area contributed by atoms with E-state index in [0.29, 0.717) is 0 Å². The third kappa shape index (κ3) is 5.95. The molecule has 4 N–H and O–H groups in total. The summed E-state index contributed by atoms with van der Waals surface area (Å²) in [5.41, 5.74) is 7.39. The molecule has 0 saturated heterocycles. The van der Waals surface area contributed by atoms with Crippen molar-refractivity contribution in [1.29, 1.82) is 0 Å². The minimum absolute atomic E-state index is 0. The van der Waals surface area contributed by atoms with Gasteiger partial charge in [-0.3, -0.25) is 5.41 Å². The van der Waals surface area contributed by atoms with Crippen molar-refractivity contribution in [2.45, 2.75) is 19.3 Å². The Balaban J connectivity index is -0.000000403. The first-order chi connectivity index (χ1) is 5.29. The van der Waals surface area contributed by atoms with Crippen LogP contribution in [-0.2, 0) is 0 Å². The first kappa shape index (κ1) is 21.3. The summed E-state index contributed by atoms with van der Waals surface area (Å²) in [5.74, 6) is 0. The minimum atomic E-state index is 0. The molecule has 6 heteroatoms. The van der Waals surface area contributed by atoms with Gasteiger partial charge in [-0.15, -0.1) is 0 Å². The predicted molar refractivity (Wildman–Crippen MR) is 47.0 cm³/mol. The summed E-state index contributed by atoms with van der Waals surface area (Å²) in [6.45, 7) is 0. The van der Waals surface area contributed by atoms with Crippen LogP contribution in [0, 0.1) is 75.5 Å². The molecule has 1 rings (SSSR count). The SMILES string of the molecule is N/C=C1\CCCC(C=[NH2+])=C1Cl.[Ar].[Ar].[Cl-]. The van der Waals surface area contributed by atoms with E-state index in [1.807, 2.05) is 0 Å². The van der Waals surface area contributed by atoms with Gasteiger partial charge in [0.05, 0.1) is 5.03 Å². The van der Waals surface area contributed by atoms with Crippen LogP contribution in [0.15, 0.2) is 22.4 Å². The summed E-state index contributed by atoms with van der Waals surface area (Å²) in [7, 11) is 0. The first-order valence-electron chi connectivity index (χ1n) is 3.64. The minimum Gasteiger partial charge on any atom is -1.00 e. The van der Waals surface area contributed by atoms with Gasteiger partial charge < -0.3 is 18.1 Å². The molecule has 1 aliphatic carbocycles. The molecule has 0 bridgehead atoms. The third-order valence-corrected chi connectivity index (χ3v) is 2.34. The number of nitrogens with two attached hydrogens (primary N) is 2. The van der Waals surface area contributed by atoms with Gasteiger partial charge in [0.2, 0.25) is 0 Å². The van der Waals surface area contributed by atoms with E-state index in [4.69, 9.17) is 22.7 Å². The Kier molecular flexibility index (Phi) is 17.6. The smallest absolute Gasteiger partial charge is 0.164 e. The van der Waals surface area contributed by atoms with Crippen LogP contribution in [-0.4, -0.2) is 6.21 Å². The summed E-state index contributed by atoms with van der Waals surface area (Å²) in [4.78, 5) is 0. The Morgan fingerprint density at radius 3 is 2.29 bits per heavy atom. The van der Waals surface area contributed by atoms with Crippen LogP contribution in [0.25, 0.3) is 0 Å². The van der Waals surface area contributed by atoms with Crippen LogP contribution >= 0.6 is 11.6 Å². The largest absolute Gasteiger partial charge is 1.00 e. The molecule has 2 nitrogen and oxygen atoms in total. The molecule has 0 aliphatic heterocycles. The van der Waals surface area contributed by atoms with Gasteiger partial charge in [0.1, 0.15) is 0 Å². The zero-order chi connectivity index (χ0) is 8.27. The number of rotatable bonds is 1. The molecule has 0 aromatic rings. The number of halogens is 2. The van der Waals surface area contributed by atoms with Crippen molar-refractivity contribution in [1.82, 2.24) is 0 Å². The van der Waals surface area contributed by atoms with Gasteiger partial charge >= 0.3 is 0 Å². The van der Waals surface area contributed by atoms with Crippen molar-refractivity contribution in [3.05, 3.63) is 22.4 Å². The van der Waals surface area contributed by atoms with Crippen LogP contribution < -0.4 is 23.5 Å². The average Bonchev–Trinajstić information content (AvgIpc) is 2.05. The Labute approximate surface area is 156 Å². The second-order valence-electron chi connectivity index (χ2n) is 2.55. The van der Waals surface area contributed by atoms with Crippen molar-refractivity contribution >= 4 is 17.8 Å². The maximum atomic E-state index is 5.97. The molecule has 84 valence electrons. The molecule has 0 saturated carbocycles. The number of hydrogen-bond acceptors (Lipinski definition) is 1. The van der Waals surface area contributed by atoms with Gasteiger partial charge in [0.25, 0.3) is 0 Å². The summed E-state index contributed by atoms with van der Waals surface area (Å²) in [5, 5.41) is 6.11. The molecule has 0 fully saturated rings. The van der Waals surface area contributed by atoms with Crippen LogP contribution in [0.5, 0.6) is 0 Å². The molecule has 1 aliphatic rings. The van der Waals surface area contributed by atoms with Crippen molar-refractivity contribution in [2.75, 3.05) is 0 Å². The maximum Gasteiger partial charge on any atom is 0.164 e. The second-order valence-corrected chi connectivity index (χ2v) is 2.93. The molecular formula is C8H12Ar2Cl2N2. The zero-order valence-electron chi connectivity index (χ0n) is 7.39. The molecule has 0 atom stereocenters. The molecule has 0 aromatic carbocycles. The maximum absolute atomic E-state index is 5.97. The fourth-order valence-corrected chi connectivity index (χ4v) is 1.52. The van der Waals surface area contributed by atoms with Crippen molar-refractivity contribution in [3.8, 4) is 0 Å². The molecular weight excluding hydrogens is 275 g/mol. The van der Waals surface area contributed by atoms with Crippen LogP contribution in [0.4, 0.5) is 0 Å². The van der Waals surface area contributed by atoms with Crippen molar-refractivity contribution < 1.29 is 93.3 Å². The Hall–Kier alpha value is 2.05. The van der Waals surface area contributed by atoms with Gasteiger partial charge in [-0.05, 0) is 31.0 Å². The van der Waals surface area contributed by atoms with E-state index in [0.717, 1.165) is 35.4 Å². The molecule has 0 heterocycles. The molecule has 0 amide bonds.